The van der Waals surface area contributed by atoms with Crippen molar-refractivity contribution in [2.24, 2.45) is 0 Å². The molecule has 3 aromatic rings. The second-order valence-corrected chi connectivity index (χ2v) is 4.59. The first kappa shape index (κ1) is 12.3. The van der Waals surface area contributed by atoms with Crippen LogP contribution in [0, 0.1) is 6.92 Å². The normalized spacial score (nSPS) is 10.8. The molecule has 0 radical (unpaired) electrons. The Bertz CT molecular complexity index is 793. The van der Waals surface area contributed by atoms with Crippen molar-refractivity contribution in [3.8, 4) is 0 Å². The molecule has 0 fully saturated rings. The van der Waals surface area contributed by atoms with Gasteiger partial charge < -0.3 is 9.67 Å². The fourth-order valence-electron chi connectivity index (χ4n) is 2.28. The van der Waals surface area contributed by atoms with Crippen LogP contribution in [0.4, 0.5) is 0 Å². The third-order valence-corrected chi connectivity index (χ3v) is 3.17. The topological polar surface area (TPSA) is 68.0 Å². The van der Waals surface area contributed by atoms with Gasteiger partial charge in [-0.05, 0) is 25.1 Å². The monoisotopic (exact) mass is 267 g/mol. The van der Waals surface area contributed by atoms with Gasteiger partial charge in [0.1, 0.15) is 11.5 Å². The first-order chi connectivity index (χ1) is 9.65. The molecular weight excluding hydrogens is 254 g/mol. The molecular formula is C15H13N3O2. The molecule has 0 atom stereocenters. The molecule has 0 aliphatic heterocycles. The van der Waals surface area contributed by atoms with Gasteiger partial charge in [-0.1, -0.05) is 18.2 Å². The molecule has 2 heterocycles. The molecule has 5 nitrogen and oxygen atoms in total. The number of para-hydroxylation sites is 1. The maximum Gasteiger partial charge on any atom is 0.352 e. The lowest BCUT2D eigenvalue weighted by Crippen LogP contribution is -2.11. The van der Waals surface area contributed by atoms with Crippen LogP contribution in [0.3, 0.4) is 0 Å². The van der Waals surface area contributed by atoms with E-state index in [9.17, 15) is 9.90 Å². The molecule has 5 heteroatoms. The number of carboxylic acids is 1. The zero-order valence-electron chi connectivity index (χ0n) is 10.9. The van der Waals surface area contributed by atoms with Crippen molar-refractivity contribution < 1.29 is 9.90 Å². The summed E-state index contributed by atoms with van der Waals surface area (Å²) in [5.74, 6) is -0.345. The number of aromatic carboxylic acids is 1. The summed E-state index contributed by atoms with van der Waals surface area (Å²) in [5.41, 5.74) is 1.98. The maximum atomic E-state index is 11.4. The Balaban J connectivity index is 2.14. The van der Waals surface area contributed by atoms with Gasteiger partial charge >= 0.3 is 5.97 Å². The average molecular weight is 267 g/mol. The van der Waals surface area contributed by atoms with Crippen LogP contribution in [-0.2, 0) is 6.54 Å². The summed E-state index contributed by atoms with van der Waals surface area (Å²) in [6, 6.07) is 11.1. The highest BCUT2D eigenvalue weighted by atomic mass is 16.4. The molecule has 2 aromatic heterocycles. The average Bonchev–Trinajstić information content (AvgIpc) is 2.78. The van der Waals surface area contributed by atoms with Crippen molar-refractivity contribution >= 4 is 16.9 Å². The van der Waals surface area contributed by atoms with Gasteiger partial charge in [0.2, 0.25) is 0 Å². The van der Waals surface area contributed by atoms with Gasteiger partial charge in [0.15, 0.2) is 0 Å². The smallest absolute Gasteiger partial charge is 0.352 e. The van der Waals surface area contributed by atoms with Crippen molar-refractivity contribution in [2.45, 2.75) is 13.5 Å². The Morgan fingerprint density at radius 3 is 2.85 bits per heavy atom. The fourth-order valence-corrected chi connectivity index (χ4v) is 2.28. The van der Waals surface area contributed by atoms with Gasteiger partial charge in [0, 0.05) is 22.8 Å². The second-order valence-electron chi connectivity index (χ2n) is 4.59. The highest BCUT2D eigenvalue weighted by Crippen LogP contribution is 2.20. The van der Waals surface area contributed by atoms with Crippen molar-refractivity contribution in [1.82, 2.24) is 14.5 Å². The summed E-state index contributed by atoms with van der Waals surface area (Å²) in [5, 5.41) is 10.2. The van der Waals surface area contributed by atoms with Gasteiger partial charge in [-0.3, -0.25) is 0 Å². The van der Waals surface area contributed by atoms with E-state index in [1.165, 1.54) is 0 Å². The zero-order chi connectivity index (χ0) is 14.1. The van der Waals surface area contributed by atoms with Gasteiger partial charge in [-0.15, -0.1) is 0 Å². The number of benzene rings is 1. The van der Waals surface area contributed by atoms with E-state index < -0.39 is 5.97 Å². The minimum absolute atomic E-state index is 0.247. The van der Waals surface area contributed by atoms with Crippen LogP contribution in [0.1, 0.15) is 22.0 Å². The van der Waals surface area contributed by atoms with E-state index in [1.807, 2.05) is 37.3 Å². The van der Waals surface area contributed by atoms with E-state index in [0.717, 1.165) is 16.6 Å². The number of aryl methyl sites for hydroxylation is 1. The summed E-state index contributed by atoms with van der Waals surface area (Å²) in [4.78, 5) is 19.9. The Hall–Kier alpha value is -2.69. The molecule has 0 saturated carbocycles. The first-order valence-electron chi connectivity index (χ1n) is 6.25. The number of hydrogen-bond acceptors (Lipinski definition) is 3. The Morgan fingerprint density at radius 1 is 1.30 bits per heavy atom. The van der Waals surface area contributed by atoms with Crippen molar-refractivity contribution in [1.29, 1.82) is 0 Å². The Kier molecular flexibility index (Phi) is 2.95. The fraction of sp³-hybridized carbons (Fsp3) is 0.133. The van der Waals surface area contributed by atoms with Crippen LogP contribution in [0.25, 0.3) is 10.9 Å². The lowest BCUT2D eigenvalue weighted by molar-refractivity contribution is 0.0686. The van der Waals surface area contributed by atoms with E-state index in [4.69, 9.17) is 0 Å². The van der Waals surface area contributed by atoms with Crippen LogP contribution in [0.2, 0.25) is 0 Å². The van der Waals surface area contributed by atoms with Crippen LogP contribution in [0.15, 0.2) is 42.6 Å². The molecule has 0 amide bonds. The standard InChI is InChI=1S/C15H13N3O2/c1-10-6-7-16-14(17-10)9-18-12-5-3-2-4-11(12)8-13(18)15(19)20/h2-8H,9H2,1H3,(H,19,20). The van der Waals surface area contributed by atoms with Gasteiger partial charge in [-0.2, -0.15) is 0 Å². The Morgan fingerprint density at radius 2 is 2.10 bits per heavy atom. The predicted molar refractivity (Wildman–Crippen MR) is 74.8 cm³/mol. The largest absolute Gasteiger partial charge is 0.477 e. The molecule has 0 saturated heterocycles. The highest BCUT2D eigenvalue weighted by molar-refractivity contribution is 5.94. The van der Waals surface area contributed by atoms with Crippen LogP contribution in [0.5, 0.6) is 0 Å². The summed E-state index contributed by atoms with van der Waals surface area (Å²) < 4.78 is 1.73. The molecule has 0 aliphatic carbocycles. The van der Waals surface area contributed by atoms with Gasteiger partial charge in [-0.25, -0.2) is 14.8 Å². The summed E-state index contributed by atoms with van der Waals surface area (Å²) in [6.45, 7) is 2.23. The van der Waals surface area contributed by atoms with Gasteiger partial charge in [0.25, 0.3) is 0 Å². The number of aromatic nitrogens is 3. The molecule has 1 N–H and O–H groups in total. The molecule has 20 heavy (non-hydrogen) atoms. The minimum atomic E-state index is -0.950. The molecule has 1 aromatic carbocycles. The SMILES string of the molecule is Cc1ccnc(Cn2c(C(=O)O)cc3ccccc32)n1. The number of hydrogen-bond donors (Lipinski definition) is 1. The number of nitrogens with zero attached hydrogens (tertiary/aromatic N) is 3. The molecule has 100 valence electrons. The zero-order valence-corrected chi connectivity index (χ0v) is 10.9. The maximum absolute atomic E-state index is 11.4. The van der Waals surface area contributed by atoms with E-state index in [1.54, 1.807) is 16.8 Å². The lowest BCUT2D eigenvalue weighted by atomic mass is 10.2. The predicted octanol–water partition coefficient (Wildman–Crippen LogP) is 2.49. The van der Waals surface area contributed by atoms with E-state index in [0.29, 0.717) is 12.4 Å². The molecule has 0 spiro atoms. The van der Waals surface area contributed by atoms with Crippen LogP contribution in [-0.4, -0.2) is 25.6 Å². The summed E-state index contributed by atoms with van der Waals surface area (Å²) in [7, 11) is 0. The number of carbonyl (C=O) groups is 1. The van der Waals surface area contributed by atoms with Gasteiger partial charge in [0.05, 0.1) is 6.54 Å². The van der Waals surface area contributed by atoms with Crippen molar-refractivity contribution in [2.75, 3.05) is 0 Å². The third kappa shape index (κ3) is 2.14. The number of rotatable bonds is 3. The minimum Gasteiger partial charge on any atom is -0.477 e. The highest BCUT2D eigenvalue weighted by Gasteiger charge is 2.15. The molecule has 0 unspecified atom stereocenters. The first-order valence-corrected chi connectivity index (χ1v) is 6.25. The van der Waals surface area contributed by atoms with E-state index in [-0.39, 0.29) is 5.69 Å². The lowest BCUT2D eigenvalue weighted by Gasteiger charge is -2.07. The van der Waals surface area contributed by atoms with Crippen LogP contribution < -0.4 is 0 Å². The van der Waals surface area contributed by atoms with Crippen molar-refractivity contribution in [3.63, 3.8) is 0 Å². The number of carboxylic acid groups (broad SMARTS) is 1. The van der Waals surface area contributed by atoms with Crippen molar-refractivity contribution in [3.05, 3.63) is 59.8 Å². The second kappa shape index (κ2) is 4.77. The molecule has 0 bridgehead atoms. The van der Waals surface area contributed by atoms with E-state index in [2.05, 4.69) is 9.97 Å². The third-order valence-electron chi connectivity index (χ3n) is 3.17. The molecule has 0 aliphatic rings. The Labute approximate surface area is 115 Å². The number of fused-ring (bicyclic) bond motifs is 1. The summed E-state index contributed by atoms with van der Waals surface area (Å²) in [6.07, 6.45) is 1.68. The van der Waals surface area contributed by atoms with Crippen LogP contribution >= 0.6 is 0 Å². The van der Waals surface area contributed by atoms with E-state index >= 15 is 0 Å². The summed E-state index contributed by atoms with van der Waals surface area (Å²) >= 11 is 0. The quantitative estimate of drug-likeness (QED) is 0.791. The molecule has 3 rings (SSSR count).